The second-order valence-corrected chi connectivity index (χ2v) is 13.0. The number of aliphatic hydroxyl groups excluding tert-OH is 6. The van der Waals surface area contributed by atoms with Crippen LogP contribution in [0.15, 0.2) is 36.6 Å². The maximum absolute atomic E-state index is 13.0. The zero-order valence-electron chi connectivity index (χ0n) is 27.7. The van der Waals surface area contributed by atoms with Crippen molar-refractivity contribution in [1.82, 2.24) is 0 Å². The molecule has 1 aromatic carbocycles. The van der Waals surface area contributed by atoms with Crippen molar-refractivity contribution in [3.8, 4) is 11.5 Å². The highest BCUT2D eigenvalue weighted by molar-refractivity contribution is 5.87. The van der Waals surface area contributed by atoms with Crippen LogP contribution >= 0.6 is 0 Å². The molecular weight excluding hydrogens is 684 g/mol. The van der Waals surface area contributed by atoms with Crippen molar-refractivity contribution < 1.29 is 88.0 Å². The number of phenols is 1. The highest BCUT2D eigenvalue weighted by Gasteiger charge is 2.77. The molecule has 3 saturated heterocycles. The van der Waals surface area contributed by atoms with Crippen molar-refractivity contribution in [1.29, 1.82) is 0 Å². The van der Waals surface area contributed by atoms with Crippen LogP contribution in [0, 0.1) is 11.8 Å². The standard InChI is InChI=1S/C33H42O18/c1-13-22(39)27(48-20(38)7-5-15-4-6-17(37)18(10-15)43-3)28(46-14(2)36)32(45-13)49-26-16-8-9-44-30(21(16)33(12-35)29(26)51-33)50-31-25(42)24(41)23(40)19(11-34)47-31/h4-10,13,16,19,21-32,34-35,37,39-42H,11-12H2,1-3H3/b7-5+/t13-,16?,19+,21?,22-,23+,24-,25+,26+,27+,28+,29?,30+,31-,32-,33-/m1/s1. The Morgan fingerprint density at radius 1 is 0.922 bits per heavy atom. The Morgan fingerprint density at radius 3 is 2.37 bits per heavy atom. The molecule has 4 aliphatic heterocycles. The second kappa shape index (κ2) is 14.9. The molecule has 4 heterocycles. The van der Waals surface area contributed by atoms with Gasteiger partial charge in [0.1, 0.15) is 42.2 Å². The Bertz CT molecular complexity index is 1480. The van der Waals surface area contributed by atoms with Crippen LogP contribution in [0.2, 0.25) is 0 Å². The molecule has 1 saturated carbocycles. The molecule has 51 heavy (non-hydrogen) atoms. The molecule has 16 atom stereocenters. The minimum absolute atomic E-state index is 0.0960. The SMILES string of the molecule is COc1cc(/C=C/C(=O)O[C@H]2[C@H](O)[C@@H](C)O[C@H](O[C@H]3C4C=CO[C@@H](O[C@H]5O[C@@H](CO)[C@H](O)[C@@H](O)[C@@H]5O)C4[C@@]4(CO)OC34)[C@H]2OC(C)=O)ccc1O. The summed E-state index contributed by atoms with van der Waals surface area (Å²) in [5, 5.41) is 72.0. The Kier molecular flexibility index (Phi) is 10.9. The smallest absolute Gasteiger partial charge is 0.331 e. The van der Waals surface area contributed by atoms with Gasteiger partial charge in [0.2, 0.25) is 6.29 Å². The van der Waals surface area contributed by atoms with Gasteiger partial charge in [-0.2, -0.15) is 0 Å². The molecule has 0 bridgehead atoms. The number of ether oxygens (including phenoxy) is 9. The lowest BCUT2D eigenvalue weighted by atomic mass is 9.85. The number of esters is 2. The number of epoxide rings is 1. The lowest BCUT2D eigenvalue weighted by Crippen LogP contribution is -2.61. The molecule has 1 aromatic rings. The number of fused-ring (bicyclic) bond motifs is 3. The predicted octanol–water partition coefficient (Wildman–Crippen LogP) is -2.19. The highest BCUT2D eigenvalue weighted by Crippen LogP contribution is 2.61. The third kappa shape index (κ3) is 7.06. The molecular formula is C33H42O18. The maximum atomic E-state index is 13.0. The lowest BCUT2D eigenvalue weighted by molar-refractivity contribution is -0.347. The number of hydrogen-bond acceptors (Lipinski definition) is 18. The van der Waals surface area contributed by atoms with Gasteiger partial charge in [-0.25, -0.2) is 4.79 Å². The van der Waals surface area contributed by atoms with Gasteiger partial charge in [0, 0.05) is 18.9 Å². The normalized spacial score (nSPS) is 42.8. The molecule has 1 aliphatic carbocycles. The van der Waals surface area contributed by atoms with Crippen LogP contribution in [0.25, 0.3) is 6.08 Å². The van der Waals surface area contributed by atoms with E-state index in [1.54, 1.807) is 6.08 Å². The third-order valence-corrected chi connectivity index (χ3v) is 9.82. The maximum Gasteiger partial charge on any atom is 0.331 e. The van der Waals surface area contributed by atoms with E-state index in [4.69, 9.17) is 42.6 Å². The summed E-state index contributed by atoms with van der Waals surface area (Å²) in [6.07, 6.45) is -12.1. The van der Waals surface area contributed by atoms with Crippen molar-refractivity contribution in [3.05, 3.63) is 42.2 Å². The number of carbonyl (C=O) groups excluding carboxylic acids is 2. The average Bonchev–Trinajstić information content (AvgIpc) is 3.79. The predicted molar refractivity (Wildman–Crippen MR) is 165 cm³/mol. The molecule has 282 valence electrons. The van der Waals surface area contributed by atoms with Crippen LogP contribution in [-0.2, 0) is 47.5 Å². The Morgan fingerprint density at radius 2 is 1.69 bits per heavy atom. The summed E-state index contributed by atoms with van der Waals surface area (Å²) in [5.41, 5.74) is -0.783. The van der Waals surface area contributed by atoms with Crippen molar-refractivity contribution in [2.24, 2.45) is 11.8 Å². The summed E-state index contributed by atoms with van der Waals surface area (Å²) in [4.78, 5) is 25.3. The first-order valence-corrected chi connectivity index (χ1v) is 16.3. The fourth-order valence-electron chi connectivity index (χ4n) is 7.15. The first kappa shape index (κ1) is 37.4. The average molecular weight is 727 g/mol. The number of rotatable bonds is 11. The van der Waals surface area contributed by atoms with Crippen LogP contribution in [0.1, 0.15) is 19.4 Å². The van der Waals surface area contributed by atoms with Crippen LogP contribution in [0.4, 0.5) is 0 Å². The van der Waals surface area contributed by atoms with Crippen molar-refractivity contribution in [2.45, 2.75) is 99.4 Å². The fourth-order valence-corrected chi connectivity index (χ4v) is 7.15. The topological polar surface area (TPSA) is 262 Å². The van der Waals surface area contributed by atoms with E-state index in [-0.39, 0.29) is 11.5 Å². The third-order valence-electron chi connectivity index (χ3n) is 9.82. The number of phenolic OH excluding ortho intramolecular Hbond substituents is 1. The minimum atomic E-state index is -1.73. The van der Waals surface area contributed by atoms with Crippen LogP contribution in [0.5, 0.6) is 11.5 Å². The summed E-state index contributed by atoms with van der Waals surface area (Å²) in [6.45, 7) is 1.43. The van der Waals surface area contributed by atoms with E-state index in [0.717, 1.165) is 13.0 Å². The van der Waals surface area contributed by atoms with E-state index in [2.05, 4.69) is 0 Å². The molecule has 0 radical (unpaired) electrons. The van der Waals surface area contributed by atoms with E-state index >= 15 is 0 Å². The second-order valence-electron chi connectivity index (χ2n) is 13.0. The Hall–Kier alpha value is -3.40. The van der Waals surface area contributed by atoms with Gasteiger partial charge in [-0.05, 0) is 36.8 Å². The van der Waals surface area contributed by atoms with Crippen molar-refractivity contribution in [2.75, 3.05) is 20.3 Å². The van der Waals surface area contributed by atoms with E-state index in [1.165, 1.54) is 44.6 Å². The summed E-state index contributed by atoms with van der Waals surface area (Å²) < 4.78 is 51.6. The van der Waals surface area contributed by atoms with Gasteiger partial charge in [0.15, 0.2) is 36.3 Å². The van der Waals surface area contributed by atoms with Gasteiger partial charge in [-0.15, -0.1) is 0 Å². The molecule has 4 fully saturated rings. The monoisotopic (exact) mass is 726 g/mol. The molecule has 0 aromatic heterocycles. The summed E-state index contributed by atoms with van der Waals surface area (Å²) >= 11 is 0. The Labute approximate surface area is 291 Å². The van der Waals surface area contributed by atoms with E-state index in [1.807, 2.05) is 0 Å². The van der Waals surface area contributed by atoms with Crippen LogP contribution < -0.4 is 4.74 Å². The molecule has 0 spiro atoms. The van der Waals surface area contributed by atoms with Gasteiger partial charge in [-0.3, -0.25) is 4.79 Å². The van der Waals surface area contributed by atoms with Crippen LogP contribution in [0.3, 0.4) is 0 Å². The first-order valence-electron chi connectivity index (χ1n) is 16.3. The zero-order valence-corrected chi connectivity index (χ0v) is 27.7. The number of benzene rings is 1. The Balaban J connectivity index is 1.20. The van der Waals surface area contributed by atoms with E-state index in [0.29, 0.717) is 5.56 Å². The molecule has 3 unspecified atom stereocenters. The molecule has 7 N–H and O–H groups in total. The van der Waals surface area contributed by atoms with Crippen molar-refractivity contribution in [3.63, 3.8) is 0 Å². The number of aliphatic hydroxyl groups is 6. The van der Waals surface area contributed by atoms with Gasteiger partial charge in [-0.1, -0.05) is 6.07 Å². The van der Waals surface area contributed by atoms with E-state index < -0.39 is 122 Å². The molecule has 18 nitrogen and oxygen atoms in total. The number of hydrogen-bond donors (Lipinski definition) is 7. The molecule has 18 heteroatoms. The minimum Gasteiger partial charge on any atom is -0.504 e. The number of methoxy groups -OCH3 is 1. The van der Waals surface area contributed by atoms with Crippen molar-refractivity contribution >= 4 is 18.0 Å². The number of aromatic hydroxyl groups is 1. The molecule has 0 amide bonds. The fraction of sp³-hybridized carbons (Fsp3) is 0.636. The van der Waals surface area contributed by atoms with Gasteiger partial charge in [0.05, 0.1) is 44.7 Å². The zero-order chi connectivity index (χ0) is 36.8. The lowest BCUT2D eigenvalue weighted by Gasteiger charge is -2.44. The molecule has 6 rings (SSSR count). The first-order chi connectivity index (χ1) is 24.3. The summed E-state index contributed by atoms with van der Waals surface area (Å²) in [5.74, 6) is -3.02. The summed E-state index contributed by atoms with van der Waals surface area (Å²) in [6, 6.07) is 4.40. The summed E-state index contributed by atoms with van der Waals surface area (Å²) in [7, 11) is 1.37. The van der Waals surface area contributed by atoms with Gasteiger partial charge >= 0.3 is 11.9 Å². The van der Waals surface area contributed by atoms with Gasteiger partial charge in [0.25, 0.3) is 0 Å². The van der Waals surface area contributed by atoms with E-state index in [9.17, 15) is 45.3 Å². The highest BCUT2D eigenvalue weighted by atomic mass is 16.8. The number of carbonyl (C=O) groups is 2. The van der Waals surface area contributed by atoms with Gasteiger partial charge < -0.3 is 78.4 Å². The van der Waals surface area contributed by atoms with Crippen LogP contribution in [-0.4, -0.2) is 154 Å². The largest absolute Gasteiger partial charge is 0.504 e. The quantitative estimate of drug-likeness (QED) is 0.0726. The molecule has 5 aliphatic rings.